The third-order valence-electron chi connectivity index (χ3n) is 4.99. The Morgan fingerprint density at radius 2 is 1.85 bits per heavy atom. The van der Waals surface area contributed by atoms with Crippen molar-refractivity contribution in [1.82, 2.24) is 15.5 Å². The number of imide groups is 1. The fourth-order valence-corrected chi connectivity index (χ4v) is 3.68. The second-order valence-corrected chi connectivity index (χ2v) is 6.58. The Morgan fingerprint density at radius 1 is 1.15 bits per heavy atom. The summed E-state index contributed by atoms with van der Waals surface area (Å²) in [4.78, 5) is 48.3. The number of hydrogen-bond acceptors (Lipinski definition) is 6. The number of carbonyl (C=O) groups excluding carboxylic acids is 3. The molecule has 0 aliphatic carbocycles. The first kappa shape index (κ1) is 18.8. The summed E-state index contributed by atoms with van der Waals surface area (Å²) in [6.45, 7) is 3.99. The van der Waals surface area contributed by atoms with Gasteiger partial charge in [-0.2, -0.15) is 0 Å². The summed E-state index contributed by atoms with van der Waals surface area (Å²) in [5, 5.41) is 12.5. The van der Waals surface area contributed by atoms with Crippen molar-refractivity contribution in [3.8, 4) is 0 Å². The summed E-state index contributed by atoms with van der Waals surface area (Å²) in [5.74, 6) is -0.748. The zero-order valence-corrected chi connectivity index (χ0v) is 14.8. The van der Waals surface area contributed by atoms with Gasteiger partial charge in [0.05, 0.1) is 0 Å². The number of benzene rings is 1. The molecular weight excluding hydrogens is 352 g/mol. The number of anilines is 1. The van der Waals surface area contributed by atoms with E-state index in [4.69, 9.17) is 9.90 Å². The van der Waals surface area contributed by atoms with Crippen LogP contribution in [0.3, 0.4) is 0 Å². The monoisotopic (exact) mass is 374 g/mol. The van der Waals surface area contributed by atoms with E-state index in [1.54, 1.807) is 4.90 Å². The molecule has 2 saturated heterocycles. The number of fused-ring (bicyclic) bond motifs is 1. The van der Waals surface area contributed by atoms with Gasteiger partial charge in [-0.1, -0.05) is 0 Å². The van der Waals surface area contributed by atoms with Crippen LogP contribution in [0.15, 0.2) is 18.2 Å². The van der Waals surface area contributed by atoms with Crippen molar-refractivity contribution in [2.75, 3.05) is 31.1 Å². The topological polar surface area (TPSA) is 119 Å². The van der Waals surface area contributed by atoms with E-state index < -0.39 is 6.04 Å². The molecule has 3 N–H and O–H groups in total. The van der Waals surface area contributed by atoms with Gasteiger partial charge >= 0.3 is 0 Å². The van der Waals surface area contributed by atoms with Crippen LogP contribution in [0.1, 0.15) is 28.8 Å². The molecule has 9 heteroatoms. The molecular formula is C18H22N4O5. The molecule has 27 heavy (non-hydrogen) atoms. The van der Waals surface area contributed by atoms with Crippen LogP contribution in [0.25, 0.3) is 0 Å². The minimum absolute atomic E-state index is 0.119. The van der Waals surface area contributed by atoms with Gasteiger partial charge < -0.3 is 20.2 Å². The molecule has 2 fully saturated rings. The van der Waals surface area contributed by atoms with Gasteiger partial charge in [0.15, 0.2) is 0 Å². The summed E-state index contributed by atoms with van der Waals surface area (Å²) in [7, 11) is 0. The number of nitrogens with one attached hydrogen (secondary N) is 2. The van der Waals surface area contributed by atoms with E-state index in [0.717, 1.165) is 37.4 Å². The molecule has 4 rings (SSSR count). The second-order valence-electron chi connectivity index (χ2n) is 6.58. The summed E-state index contributed by atoms with van der Waals surface area (Å²) in [6, 6.07) is 5.35. The van der Waals surface area contributed by atoms with Crippen LogP contribution in [0.4, 0.5) is 5.69 Å². The van der Waals surface area contributed by atoms with Crippen LogP contribution in [-0.2, 0) is 20.9 Å². The zero-order valence-electron chi connectivity index (χ0n) is 14.8. The molecule has 3 aliphatic heterocycles. The minimum atomic E-state index is -0.551. The maximum atomic E-state index is 12.6. The van der Waals surface area contributed by atoms with Gasteiger partial charge in [-0.15, -0.1) is 0 Å². The van der Waals surface area contributed by atoms with Crippen molar-refractivity contribution in [3.05, 3.63) is 29.3 Å². The quantitative estimate of drug-likeness (QED) is 0.474. The van der Waals surface area contributed by atoms with E-state index in [2.05, 4.69) is 21.6 Å². The predicted octanol–water partition coefficient (Wildman–Crippen LogP) is -0.442. The van der Waals surface area contributed by atoms with Crippen molar-refractivity contribution >= 4 is 29.9 Å². The normalized spacial score (nSPS) is 21.9. The Bertz CT molecular complexity index is 760. The molecule has 0 aromatic heterocycles. The van der Waals surface area contributed by atoms with E-state index in [0.29, 0.717) is 18.5 Å². The average molecular weight is 374 g/mol. The van der Waals surface area contributed by atoms with E-state index >= 15 is 0 Å². The van der Waals surface area contributed by atoms with E-state index in [1.165, 1.54) is 0 Å². The Kier molecular flexibility index (Phi) is 5.70. The smallest absolute Gasteiger partial charge is 0.290 e. The van der Waals surface area contributed by atoms with Gasteiger partial charge in [0.1, 0.15) is 6.04 Å². The van der Waals surface area contributed by atoms with Gasteiger partial charge in [0.2, 0.25) is 11.8 Å². The van der Waals surface area contributed by atoms with Gasteiger partial charge in [0.25, 0.3) is 12.4 Å². The van der Waals surface area contributed by atoms with Crippen molar-refractivity contribution in [3.63, 3.8) is 0 Å². The van der Waals surface area contributed by atoms with Crippen molar-refractivity contribution in [1.29, 1.82) is 0 Å². The van der Waals surface area contributed by atoms with Gasteiger partial charge in [-0.05, 0) is 30.2 Å². The van der Waals surface area contributed by atoms with E-state index in [9.17, 15) is 14.4 Å². The molecule has 3 amide bonds. The number of piperidine rings is 1. The first-order valence-electron chi connectivity index (χ1n) is 8.86. The van der Waals surface area contributed by atoms with E-state index in [-0.39, 0.29) is 30.6 Å². The first-order valence-corrected chi connectivity index (χ1v) is 8.86. The Balaban J connectivity index is 0.000000659. The maximum Gasteiger partial charge on any atom is 0.290 e. The van der Waals surface area contributed by atoms with Crippen LogP contribution < -0.4 is 15.5 Å². The number of carboxylic acid groups (broad SMARTS) is 1. The Hall–Kier alpha value is -2.94. The van der Waals surface area contributed by atoms with Gasteiger partial charge in [-0.25, -0.2) is 0 Å². The molecule has 0 saturated carbocycles. The third kappa shape index (κ3) is 3.92. The number of carbonyl (C=O) groups is 4. The molecule has 9 nitrogen and oxygen atoms in total. The van der Waals surface area contributed by atoms with Crippen LogP contribution in [0.5, 0.6) is 0 Å². The summed E-state index contributed by atoms with van der Waals surface area (Å²) >= 11 is 0. The fourth-order valence-electron chi connectivity index (χ4n) is 3.68. The molecule has 0 radical (unpaired) electrons. The molecule has 144 valence electrons. The lowest BCUT2D eigenvalue weighted by Crippen LogP contribution is -2.52. The Morgan fingerprint density at radius 3 is 2.52 bits per heavy atom. The highest BCUT2D eigenvalue weighted by Gasteiger charge is 2.39. The zero-order chi connectivity index (χ0) is 19.4. The SMILES string of the molecule is O=C1CCC(N2Cc3cc(N4CCNCC4)ccc3C2=O)C(=O)N1.O=CO. The molecule has 3 aliphatic rings. The first-order chi connectivity index (χ1) is 13.0. The van der Waals surface area contributed by atoms with E-state index in [1.807, 2.05) is 12.1 Å². The van der Waals surface area contributed by atoms with Crippen molar-refractivity contribution < 1.29 is 24.3 Å². The molecule has 0 bridgehead atoms. The molecule has 1 unspecified atom stereocenters. The van der Waals surface area contributed by atoms with Gasteiger partial charge in [0, 0.05) is 50.4 Å². The third-order valence-corrected chi connectivity index (χ3v) is 4.99. The summed E-state index contributed by atoms with van der Waals surface area (Å²) < 4.78 is 0. The molecule has 1 aromatic carbocycles. The van der Waals surface area contributed by atoms with Crippen LogP contribution >= 0.6 is 0 Å². The number of amides is 3. The average Bonchev–Trinajstić information content (AvgIpc) is 2.99. The predicted molar refractivity (Wildman–Crippen MR) is 96.3 cm³/mol. The van der Waals surface area contributed by atoms with Crippen LogP contribution in [0.2, 0.25) is 0 Å². The van der Waals surface area contributed by atoms with Crippen LogP contribution in [0, 0.1) is 0 Å². The summed E-state index contributed by atoms with van der Waals surface area (Å²) in [6.07, 6.45) is 0.678. The molecule has 0 spiro atoms. The second kappa shape index (κ2) is 8.17. The highest BCUT2D eigenvalue weighted by atomic mass is 16.3. The highest BCUT2D eigenvalue weighted by molar-refractivity contribution is 6.05. The molecule has 1 aromatic rings. The molecule has 1 atom stereocenters. The lowest BCUT2D eigenvalue weighted by molar-refractivity contribution is -0.137. The lowest BCUT2D eigenvalue weighted by atomic mass is 10.0. The standard InChI is InChI=1S/C17H20N4O3.CH2O2/c22-15-4-3-14(16(23)19-15)21-10-11-9-12(1-2-13(11)17(21)24)20-7-5-18-6-8-20;2-1-3/h1-2,9,14,18H,3-8,10H2,(H,19,22,23);1H,(H,2,3). The van der Waals surface area contributed by atoms with Crippen molar-refractivity contribution in [2.24, 2.45) is 0 Å². The minimum Gasteiger partial charge on any atom is -0.483 e. The van der Waals surface area contributed by atoms with Crippen LogP contribution in [-0.4, -0.2) is 66.4 Å². The Labute approximate surface area is 156 Å². The number of rotatable bonds is 2. The lowest BCUT2D eigenvalue weighted by Gasteiger charge is -2.30. The fraction of sp³-hybridized carbons (Fsp3) is 0.444. The maximum absolute atomic E-state index is 12.6. The number of nitrogens with zero attached hydrogens (tertiary/aromatic N) is 2. The van der Waals surface area contributed by atoms with Crippen molar-refractivity contribution in [2.45, 2.75) is 25.4 Å². The summed E-state index contributed by atoms with van der Waals surface area (Å²) in [5.41, 5.74) is 2.74. The number of hydrogen-bond donors (Lipinski definition) is 3. The van der Waals surface area contributed by atoms with Gasteiger partial charge in [-0.3, -0.25) is 24.5 Å². The highest BCUT2D eigenvalue weighted by Crippen LogP contribution is 2.30. The largest absolute Gasteiger partial charge is 0.483 e. The molecule has 3 heterocycles. The number of piperazine rings is 1.